The van der Waals surface area contributed by atoms with Crippen molar-refractivity contribution in [1.29, 1.82) is 0 Å². The molecular formula is C13H27NO2. The SMILES string of the molecule is CCCCC(COC)NC(CCO)C1CC1. The normalized spacial score (nSPS) is 19.7. The van der Waals surface area contributed by atoms with Gasteiger partial charge >= 0.3 is 0 Å². The molecule has 1 saturated carbocycles. The molecule has 0 heterocycles. The summed E-state index contributed by atoms with van der Waals surface area (Å²) in [6.07, 6.45) is 7.19. The third-order valence-electron chi connectivity index (χ3n) is 3.35. The Morgan fingerprint density at radius 1 is 1.38 bits per heavy atom. The Labute approximate surface area is 99.6 Å². The molecule has 3 heteroatoms. The predicted molar refractivity (Wildman–Crippen MR) is 66.5 cm³/mol. The predicted octanol–water partition coefficient (Wildman–Crippen LogP) is 1.94. The van der Waals surface area contributed by atoms with Crippen LogP contribution in [0.4, 0.5) is 0 Å². The van der Waals surface area contributed by atoms with Crippen molar-refractivity contribution in [3.8, 4) is 0 Å². The summed E-state index contributed by atoms with van der Waals surface area (Å²) in [5, 5.41) is 12.7. The van der Waals surface area contributed by atoms with Gasteiger partial charge in [-0.25, -0.2) is 0 Å². The van der Waals surface area contributed by atoms with E-state index in [-0.39, 0.29) is 0 Å². The van der Waals surface area contributed by atoms with E-state index in [0.717, 1.165) is 18.9 Å². The zero-order valence-electron chi connectivity index (χ0n) is 10.7. The van der Waals surface area contributed by atoms with Crippen molar-refractivity contribution in [2.75, 3.05) is 20.3 Å². The minimum absolute atomic E-state index is 0.293. The molecule has 2 atom stereocenters. The summed E-state index contributed by atoms with van der Waals surface area (Å²) in [4.78, 5) is 0. The quantitative estimate of drug-likeness (QED) is 0.601. The fraction of sp³-hybridized carbons (Fsp3) is 1.00. The van der Waals surface area contributed by atoms with E-state index < -0.39 is 0 Å². The van der Waals surface area contributed by atoms with Crippen molar-refractivity contribution < 1.29 is 9.84 Å². The number of nitrogens with one attached hydrogen (secondary N) is 1. The summed E-state index contributed by atoms with van der Waals surface area (Å²) in [5.41, 5.74) is 0. The summed E-state index contributed by atoms with van der Waals surface area (Å²) in [6, 6.07) is 0.962. The zero-order valence-corrected chi connectivity index (χ0v) is 10.7. The Morgan fingerprint density at radius 2 is 2.12 bits per heavy atom. The van der Waals surface area contributed by atoms with Gasteiger partial charge in [-0.05, 0) is 31.6 Å². The average molecular weight is 229 g/mol. The van der Waals surface area contributed by atoms with Crippen LogP contribution in [-0.4, -0.2) is 37.5 Å². The molecule has 16 heavy (non-hydrogen) atoms. The molecule has 0 radical (unpaired) electrons. The first-order valence-corrected chi connectivity index (χ1v) is 6.67. The Kier molecular flexibility index (Phi) is 7.01. The van der Waals surface area contributed by atoms with Crippen molar-refractivity contribution in [3.05, 3.63) is 0 Å². The van der Waals surface area contributed by atoms with Crippen LogP contribution in [0.1, 0.15) is 45.4 Å². The molecular weight excluding hydrogens is 202 g/mol. The molecule has 0 aromatic heterocycles. The number of methoxy groups -OCH3 is 1. The van der Waals surface area contributed by atoms with Gasteiger partial charge in [-0.2, -0.15) is 0 Å². The zero-order chi connectivity index (χ0) is 11.8. The van der Waals surface area contributed by atoms with E-state index in [1.807, 2.05) is 0 Å². The van der Waals surface area contributed by atoms with E-state index in [1.54, 1.807) is 7.11 Å². The van der Waals surface area contributed by atoms with Crippen LogP contribution in [0.25, 0.3) is 0 Å². The van der Waals surface area contributed by atoms with Crippen molar-refractivity contribution in [2.24, 2.45) is 5.92 Å². The second kappa shape index (κ2) is 8.04. The van der Waals surface area contributed by atoms with Gasteiger partial charge in [0.05, 0.1) is 6.61 Å². The van der Waals surface area contributed by atoms with Gasteiger partial charge in [0.15, 0.2) is 0 Å². The van der Waals surface area contributed by atoms with Crippen LogP contribution in [0, 0.1) is 5.92 Å². The van der Waals surface area contributed by atoms with Crippen LogP contribution in [0.2, 0.25) is 0 Å². The lowest BCUT2D eigenvalue weighted by Gasteiger charge is -2.25. The van der Waals surface area contributed by atoms with Gasteiger partial charge in [0.2, 0.25) is 0 Å². The third kappa shape index (κ3) is 5.28. The third-order valence-corrected chi connectivity index (χ3v) is 3.35. The number of hydrogen-bond donors (Lipinski definition) is 2. The van der Waals surface area contributed by atoms with E-state index in [9.17, 15) is 0 Å². The van der Waals surface area contributed by atoms with Gasteiger partial charge in [-0.15, -0.1) is 0 Å². The summed E-state index contributed by atoms with van der Waals surface area (Å²) in [7, 11) is 1.76. The molecule has 0 aromatic carbocycles. The molecule has 2 unspecified atom stereocenters. The molecule has 0 aliphatic heterocycles. The van der Waals surface area contributed by atoms with Crippen LogP contribution in [0.3, 0.4) is 0 Å². The fourth-order valence-electron chi connectivity index (χ4n) is 2.26. The van der Waals surface area contributed by atoms with Crippen LogP contribution < -0.4 is 5.32 Å². The van der Waals surface area contributed by atoms with Crippen LogP contribution >= 0.6 is 0 Å². The van der Waals surface area contributed by atoms with E-state index >= 15 is 0 Å². The lowest BCUT2D eigenvalue weighted by Crippen LogP contribution is -2.42. The largest absolute Gasteiger partial charge is 0.396 e. The second-order valence-corrected chi connectivity index (χ2v) is 4.92. The van der Waals surface area contributed by atoms with Gasteiger partial charge < -0.3 is 15.2 Å². The van der Waals surface area contributed by atoms with E-state index in [4.69, 9.17) is 9.84 Å². The Morgan fingerprint density at radius 3 is 2.62 bits per heavy atom. The van der Waals surface area contributed by atoms with Crippen molar-refractivity contribution >= 4 is 0 Å². The standard InChI is InChI=1S/C13H27NO2/c1-3-4-5-12(10-16-2)14-13(8-9-15)11-6-7-11/h11-15H,3-10H2,1-2H3. The van der Waals surface area contributed by atoms with E-state index in [2.05, 4.69) is 12.2 Å². The molecule has 3 nitrogen and oxygen atoms in total. The van der Waals surface area contributed by atoms with Gasteiger partial charge in [0.1, 0.15) is 0 Å². The van der Waals surface area contributed by atoms with Gasteiger partial charge in [-0.3, -0.25) is 0 Å². The Bertz CT molecular complexity index is 171. The van der Waals surface area contributed by atoms with E-state index in [0.29, 0.717) is 18.7 Å². The summed E-state index contributed by atoms with van der Waals surface area (Å²) >= 11 is 0. The maximum absolute atomic E-state index is 9.06. The first-order valence-electron chi connectivity index (χ1n) is 6.67. The lowest BCUT2D eigenvalue weighted by molar-refractivity contribution is 0.147. The summed E-state index contributed by atoms with van der Waals surface area (Å²) in [6.45, 7) is 3.30. The topological polar surface area (TPSA) is 41.5 Å². The molecule has 1 aliphatic carbocycles. The van der Waals surface area contributed by atoms with Gasteiger partial charge in [0, 0.05) is 25.8 Å². The molecule has 0 bridgehead atoms. The average Bonchev–Trinajstić information content (AvgIpc) is 3.09. The van der Waals surface area contributed by atoms with Crippen molar-refractivity contribution in [2.45, 2.75) is 57.5 Å². The maximum atomic E-state index is 9.06. The Hall–Kier alpha value is -0.120. The highest BCUT2D eigenvalue weighted by atomic mass is 16.5. The number of unbranched alkanes of at least 4 members (excludes halogenated alkanes) is 1. The van der Waals surface area contributed by atoms with Gasteiger partial charge in [0.25, 0.3) is 0 Å². The molecule has 0 spiro atoms. The first kappa shape index (κ1) is 13.9. The van der Waals surface area contributed by atoms with Crippen LogP contribution in [0.15, 0.2) is 0 Å². The van der Waals surface area contributed by atoms with Gasteiger partial charge in [-0.1, -0.05) is 19.8 Å². The van der Waals surface area contributed by atoms with Crippen LogP contribution in [0.5, 0.6) is 0 Å². The summed E-state index contributed by atoms with van der Waals surface area (Å²) < 4.78 is 5.26. The number of rotatable bonds is 10. The van der Waals surface area contributed by atoms with E-state index in [1.165, 1.54) is 32.1 Å². The number of aliphatic hydroxyl groups excluding tert-OH is 1. The fourth-order valence-corrected chi connectivity index (χ4v) is 2.26. The second-order valence-electron chi connectivity index (χ2n) is 4.92. The molecule has 1 aliphatic rings. The summed E-state index contributed by atoms with van der Waals surface area (Å²) in [5.74, 6) is 0.799. The highest BCUT2D eigenvalue weighted by molar-refractivity contribution is 4.88. The molecule has 0 saturated heterocycles. The molecule has 1 fully saturated rings. The molecule has 0 amide bonds. The molecule has 0 aromatic rings. The number of aliphatic hydroxyl groups is 1. The lowest BCUT2D eigenvalue weighted by atomic mass is 10.1. The Balaban J connectivity index is 2.30. The minimum Gasteiger partial charge on any atom is -0.396 e. The number of hydrogen-bond acceptors (Lipinski definition) is 3. The minimum atomic E-state index is 0.293. The highest BCUT2D eigenvalue weighted by Gasteiger charge is 2.31. The first-order chi connectivity index (χ1) is 7.81. The van der Waals surface area contributed by atoms with Crippen LogP contribution in [-0.2, 0) is 4.74 Å². The smallest absolute Gasteiger partial charge is 0.0615 e. The molecule has 2 N–H and O–H groups in total. The highest BCUT2D eigenvalue weighted by Crippen LogP contribution is 2.34. The number of ether oxygens (including phenoxy) is 1. The molecule has 96 valence electrons. The maximum Gasteiger partial charge on any atom is 0.0615 e. The van der Waals surface area contributed by atoms with Crippen molar-refractivity contribution in [1.82, 2.24) is 5.32 Å². The van der Waals surface area contributed by atoms with Crippen molar-refractivity contribution in [3.63, 3.8) is 0 Å². The molecule has 1 rings (SSSR count). The monoisotopic (exact) mass is 229 g/mol.